The van der Waals surface area contributed by atoms with Crippen molar-refractivity contribution in [2.45, 2.75) is 45.8 Å². The van der Waals surface area contributed by atoms with Gasteiger partial charge in [-0.1, -0.05) is 0 Å². The highest BCUT2D eigenvalue weighted by Crippen LogP contribution is 2.29. The van der Waals surface area contributed by atoms with E-state index in [9.17, 15) is 5.11 Å². The number of aliphatic hydroxyl groups excluding tert-OH is 1. The van der Waals surface area contributed by atoms with Crippen LogP contribution in [0.4, 0.5) is 17.6 Å². The molecule has 0 bridgehead atoms. The molecule has 178 valence electrons. The molecular formula is C26H33N7O. The Morgan fingerprint density at radius 1 is 0.971 bits per heavy atom. The van der Waals surface area contributed by atoms with Crippen molar-refractivity contribution in [2.24, 2.45) is 0 Å². The number of aliphatic hydroxyl groups is 1. The lowest BCUT2D eigenvalue weighted by molar-refractivity contribution is 0.281. The van der Waals surface area contributed by atoms with Gasteiger partial charge in [0.2, 0.25) is 5.95 Å². The zero-order valence-electron chi connectivity index (χ0n) is 20.1. The van der Waals surface area contributed by atoms with Crippen LogP contribution in [-0.4, -0.2) is 63.8 Å². The van der Waals surface area contributed by atoms with E-state index in [1.165, 1.54) is 12.8 Å². The van der Waals surface area contributed by atoms with Gasteiger partial charge in [-0.05, 0) is 62.4 Å². The second kappa shape index (κ2) is 9.93. The summed E-state index contributed by atoms with van der Waals surface area (Å²) in [7, 11) is 0. The molecule has 5 heterocycles. The third-order valence-electron chi connectivity index (χ3n) is 6.90. The first-order valence-electron chi connectivity index (χ1n) is 12.2. The van der Waals surface area contributed by atoms with Gasteiger partial charge in [0.15, 0.2) is 0 Å². The maximum atomic E-state index is 9.41. The normalized spacial score (nSPS) is 18.9. The van der Waals surface area contributed by atoms with E-state index in [1.807, 2.05) is 30.6 Å². The standard InChI is InChI=1S/C26H33N7O/c1-19-15-21(18-34)17-28-25(19)32-11-4-10-31(13-14-32)24-16-23(22-6-8-27-9-7-22)29-26(30-24)33-12-3-5-20(33)2/h6-9,15-17,20,34H,3-5,10-14,18H2,1-2H3. The third kappa shape index (κ3) is 4.68. The summed E-state index contributed by atoms with van der Waals surface area (Å²) in [6, 6.07) is 8.63. The Hall–Kier alpha value is -3.26. The van der Waals surface area contributed by atoms with Gasteiger partial charge < -0.3 is 19.8 Å². The Bertz CT molecular complexity index is 1120. The molecule has 34 heavy (non-hydrogen) atoms. The summed E-state index contributed by atoms with van der Waals surface area (Å²) in [5, 5.41) is 9.41. The van der Waals surface area contributed by atoms with Crippen molar-refractivity contribution in [1.82, 2.24) is 19.9 Å². The van der Waals surface area contributed by atoms with Crippen LogP contribution >= 0.6 is 0 Å². The minimum atomic E-state index is 0.0212. The van der Waals surface area contributed by atoms with E-state index in [0.717, 1.165) is 79.1 Å². The number of pyridine rings is 2. The van der Waals surface area contributed by atoms with E-state index in [4.69, 9.17) is 9.97 Å². The quantitative estimate of drug-likeness (QED) is 0.621. The number of aryl methyl sites for hydroxylation is 1. The topological polar surface area (TPSA) is 81.5 Å². The summed E-state index contributed by atoms with van der Waals surface area (Å²) in [4.78, 5) is 25.9. The highest BCUT2D eigenvalue weighted by atomic mass is 16.3. The van der Waals surface area contributed by atoms with E-state index in [0.29, 0.717) is 6.04 Å². The van der Waals surface area contributed by atoms with E-state index < -0.39 is 0 Å². The van der Waals surface area contributed by atoms with Crippen molar-refractivity contribution in [3.63, 3.8) is 0 Å². The van der Waals surface area contributed by atoms with Crippen molar-refractivity contribution < 1.29 is 5.11 Å². The number of aromatic nitrogens is 4. The first-order chi connectivity index (χ1) is 16.6. The average molecular weight is 460 g/mol. The number of nitrogens with zero attached hydrogens (tertiary/aromatic N) is 7. The molecule has 2 saturated heterocycles. The minimum absolute atomic E-state index is 0.0212. The fourth-order valence-electron chi connectivity index (χ4n) is 5.02. The smallest absolute Gasteiger partial charge is 0.228 e. The SMILES string of the molecule is Cc1cc(CO)cnc1N1CCCN(c2cc(-c3ccncc3)nc(N3CCCC3C)n2)CC1. The van der Waals surface area contributed by atoms with Gasteiger partial charge in [-0.2, -0.15) is 4.98 Å². The molecule has 3 aromatic heterocycles. The van der Waals surface area contributed by atoms with Gasteiger partial charge >= 0.3 is 0 Å². The number of hydrogen-bond acceptors (Lipinski definition) is 8. The van der Waals surface area contributed by atoms with E-state index in [1.54, 1.807) is 6.20 Å². The number of rotatable bonds is 5. The van der Waals surface area contributed by atoms with Gasteiger partial charge in [0.25, 0.3) is 0 Å². The molecule has 0 spiro atoms. The van der Waals surface area contributed by atoms with Crippen LogP contribution in [0.15, 0.2) is 42.9 Å². The van der Waals surface area contributed by atoms with E-state index >= 15 is 0 Å². The highest BCUT2D eigenvalue weighted by molar-refractivity contribution is 5.65. The maximum absolute atomic E-state index is 9.41. The summed E-state index contributed by atoms with van der Waals surface area (Å²) >= 11 is 0. The lowest BCUT2D eigenvalue weighted by Gasteiger charge is -2.27. The first kappa shape index (κ1) is 22.5. The Balaban J connectivity index is 1.42. The van der Waals surface area contributed by atoms with E-state index in [-0.39, 0.29) is 6.61 Å². The second-order valence-electron chi connectivity index (χ2n) is 9.30. The van der Waals surface area contributed by atoms with Gasteiger partial charge in [-0.3, -0.25) is 4.98 Å². The summed E-state index contributed by atoms with van der Waals surface area (Å²) in [5.41, 5.74) is 3.96. The fourth-order valence-corrected chi connectivity index (χ4v) is 5.02. The Kier molecular flexibility index (Phi) is 6.58. The molecule has 1 unspecified atom stereocenters. The number of hydrogen-bond donors (Lipinski definition) is 1. The summed E-state index contributed by atoms with van der Waals surface area (Å²) in [5.74, 6) is 2.82. The van der Waals surface area contributed by atoms with Gasteiger partial charge in [0.1, 0.15) is 11.6 Å². The highest BCUT2D eigenvalue weighted by Gasteiger charge is 2.25. The van der Waals surface area contributed by atoms with Crippen LogP contribution in [0.3, 0.4) is 0 Å². The maximum Gasteiger partial charge on any atom is 0.228 e. The second-order valence-corrected chi connectivity index (χ2v) is 9.30. The largest absolute Gasteiger partial charge is 0.392 e. The molecule has 0 aliphatic carbocycles. The third-order valence-corrected chi connectivity index (χ3v) is 6.90. The van der Waals surface area contributed by atoms with Crippen LogP contribution < -0.4 is 14.7 Å². The predicted octanol–water partition coefficient (Wildman–Crippen LogP) is 3.44. The Morgan fingerprint density at radius 2 is 1.76 bits per heavy atom. The number of anilines is 3. The zero-order chi connectivity index (χ0) is 23.5. The van der Waals surface area contributed by atoms with Crippen LogP contribution in [0.25, 0.3) is 11.3 Å². The van der Waals surface area contributed by atoms with Gasteiger partial charge in [0, 0.05) is 69.0 Å². The summed E-state index contributed by atoms with van der Waals surface area (Å²) in [6.45, 7) is 8.97. The van der Waals surface area contributed by atoms with Crippen molar-refractivity contribution in [1.29, 1.82) is 0 Å². The van der Waals surface area contributed by atoms with Crippen molar-refractivity contribution in [3.05, 3.63) is 54.0 Å². The van der Waals surface area contributed by atoms with E-state index in [2.05, 4.69) is 44.6 Å². The molecule has 1 atom stereocenters. The lowest BCUT2D eigenvalue weighted by Crippen LogP contribution is -2.33. The van der Waals surface area contributed by atoms with Crippen LogP contribution in [-0.2, 0) is 6.61 Å². The lowest BCUT2D eigenvalue weighted by atomic mass is 10.2. The summed E-state index contributed by atoms with van der Waals surface area (Å²) < 4.78 is 0. The zero-order valence-corrected chi connectivity index (χ0v) is 20.1. The van der Waals surface area contributed by atoms with Crippen molar-refractivity contribution in [2.75, 3.05) is 47.4 Å². The monoisotopic (exact) mass is 459 g/mol. The van der Waals surface area contributed by atoms with Crippen LogP contribution in [0.2, 0.25) is 0 Å². The van der Waals surface area contributed by atoms with Crippen LogP contribution in [0.5, 0.6) is 0 Å². The Labute approximate surface area is 201 Å². The van der Waals surface area contributed by atoms with Crippen molar-refractivity contribution >= 4 is 17.6 Å². The Morgan fingerprint density at radius 3 is 2.50 bits per heavy atom. The molecule has 0 aromatic carbocycles. The van der Waals surface area contributed by atoms with Crippen LogP contribution in [0, 0.1) is 6.92 Å². The van der Waals surface area contributed by atoms with Gasteiger partial charge in [-0.15, -0.1) is 0 Å². The molecular weight excluding hydrogens is 426 g/mol. The molecule has 0 radical (unpaired) electrons. The van der Waals surface area contributed by atoms with Gasteiger partial charge in [-0.25, -0.2) is 9.97 Å². The molecule has 2 fully saturated rings. The molecule has 8 heteroatoms. The summed E-state index contributed by atoms with van der Waals surface area (Å²) in [6.07, 6.45) is 8.79. The molecule has 5 rings (SSSR count). The molecule has 2 aliphatic rings. The molecule has 0 saturated carbocycles. The molecule has 8 nitrogen and oxygen atoms in total. The minimum Gasteiger partial charge on any atom is -0.392 e. The fraction of sp³-hybridized carbons (Fsp3) is 0.462. The average Bonchev–Trinajstić information content (AvgIpc) is 3.15. The van der Waals surface area contributed by atoms with Crippen LogP contribution in [0.1, 0.15) is 37.3 Å². The molecule has 3 aromatic rings. The molecule has 2 aliphatic heterocycles. The van der Waals surface area contributed by atoms with Crippen molar-refractivity contribution in [3.8, 4) is 11.3 Å². The first-order valence-corrected chi connectivity index (χ1v) is 12.2. The predicted molar refractivity (Wildman–Crippen MR) is 135 cm³/mol. The molecule has 0 amide bonds. The molecule has 1 N–H and O–H groups in total. The van der Waals surface area contributed by atoms with Gasteiger partial charge in [0.05, 0.1) is 12.3 Å².